The van der Waals surface area contributed by atoms with Crippen molar-refractivity contribution in [3.63, 3.8) is 0 Å². The molecule has 0 radical (unpaired) electrons. The molecule has 2 N–H and O–H groups in total. The van der Waals surface area contributed by atoms with Crippen molar-refractivity contribution < 1.29 is 0 Å². The molecule has 1 aliphatic carbocycles. The molecular weight excluding hydrogens is 266 g/mol. The third kappa shape index (κ3) is 3.93. The van der Waals surface area contributed by atoms with Gasteiger partial charge in [0, 0.05) is 6.04 Å². The van der Waals surface area contributed by atoms with E-state index in [2.05, 4.69) is 45.9 Å². The Bertz CT molecular complexity index is 475. The molecule has 2 rings (SSSR count). The van der Waals surface area contributed by atoms with E-state index in [-0.39, 0.29) is 5.41 Å². The Kier molecular flexibility index (Phi) is 6.09. The van der Waals surface area contributed by atoms with E-state index in [1.165, 1.54) is 56.1 Å². The van der Waals surface area contributed by atoms with Crippen LogP contribution in [-0.2, 0) is 12.8 Å². The number of rotatable bonds is 7. The average Bonchev–Trinajstić information content (AvgIpc) is 2.78. The van der Waals surface area contributed by atoms with Crippen LogP contribution in [0.2, 0.25) is 0 Å². The van der Waals surface area contributed by atoms with Crippen LogP contribution < -0.4 is 5.73 Å². The molecule has 1 aromatic carbocycles. The van der Waals surface area contributed by atoms with Gasteiger partial charge in [-0.15, -0.1) is 0 Å². The van der Waals surface area contributed by atoms with Crippen molar-refractivity contribution in [2.24, 2.45) is 11.1 Å². The second kappa shape index (κ2) is 7.64. The fraction of sp³-hybridized carbons (Fsp3) is 0.714. The van der Waals surface area contributed by atoms with Gasteiger partial charge in [-0.05, 0) is 60.1 Å². The van der Waals surface area contributed by atoms with Gasteiger partial charge in [0.1, 0.15) is 0 Å². The molecule has 0 bridgehead atoms. The van der Waals surface area contributed by atoms with Gasteiger partial charge in [0.05, 0.1) is 0 Å². The standard InChI is InChI=1S/C21H35N/c1-5-7-8-9-10-17-15-18(12-11-16(17)6-2)19-13-14-21(3,4)20(19)22/h11-12,15,19-20H,5-10,13-14,22H2,1-4H3. The molecule has 1 fully saturated rings. The van der Waals surface area contributed by atoms with Gasteiger partial charge in [0.25, 0.3) is 0 Å². The van der Waals surface area contributed by atoms with Gasteiger partial charge in [-0.1, -0.05) is 65.2 Å². The van der Waals surface area contributed by atoms with E-state index < -0.39 is 0 Å². The molecule has 0 saturated heterocycles. The summed E-state index contributed by atoms with van der Waals surface area (Å²) >= 11 is 0. The Morgan fingerprint density at radius 1 is 1.09 bits per heavy atom. The molecule has 1 heteroatoms. The van der Waals surface area contributed by atoms with Crippen LogP contribution in [0.1, 0.15) is 88.8 Å². The monoisotopic (exact) mass is 301 g/mol. The van der Waals surface area contributed by atoms with Crippen LogP contribution in [0.3, 0.4) is 0 Å². The van der Waals surface area contributed by atoms with Crippen molar-refractivity contribution in [1.82, 2.24) is 0 Å². The summed E-state index contributed by atoms with van der Waals surface area (Å²) in [5, 5.41) is 0. The predicted octanol–water partition coefficient (Wildman–Crippen LogP) is 5.60. The molecular formula is C21H35N. The van der Waals surface area contributed by atoms with E-state index >= 15 is 0 Å². The summed E-state index contributed by atoms with van der Waals surface area (Å²) in [4.78, 5) is 0. The topological polar surface area (TPSA) is 26.0 Å². The highest BCUT2D eigenvalue weighted by Crippen LogP contribution is 2.45. The smallest absolute Gasteiger partial charge is 0.0159 e. The number of nitrogens with two attached hydrogens (primary N) is 1. The van der Waals surface area contributed by atoms with Gasteiger partial charge in [0.2, 0.25) is 0 Å². The van der Waals surface area contributed by atoms with Crippen LogP contribution in [-0.4, -0.2) is 6.04 Å². The van der Waals surface area contributed by atoms with Crippen LogP contribution in [0, 0.1) is 5.41 Å². The van der Waals surface area contributed by atoms with Crippen LogP contribution in [0.5, 0.6) is 0 Å². The molecule has 0 spiro atoms. The van der Waals surface area contributed by atoms with Gasteiger partial charge in [-0.2, -0.15) is 0 Å². The quantitative estimate of drug-likeness (QED) is 0.651. The average molecular weight is 302 g/mol. The molecule has 124 valence electrons. The minimum atomic E-state index is 0.287. The number of hydrogen-bond acceptors (Lipinski definition) is 1. The van der Waals surface area contributed by atoms with E-state index in [0.29, 0.717) is 12.0 Å². The molecule has 1 aromatic rings. The summed E-state index contributed by atoms with van der Waals surface area (Å²) in [5.74, 6) is 0.551. The van der Waals surface area contributed by atoms with Gasteiger partial charge < -0.3 is 5.73 Å². The number of aryl methyl sites for hydroxylation is 2. The second-order valence-corrected chi connectivity index (χ2v) is 7.85. The van der Waals surface area contributed by atoms with E-state index in [4.69, 9.17) is 5.73 Å². The number of hydrogen-bond donors (Lipinski definition) is 1. The molecule has 1 saturated carbocycles. The van der Waals surface area contributed by atoms with Crippen molar-refractivity contribution in [3.05, 3.63) is 34.9 Å². The zero-order valence-electron chi connectivity index (χ0n) is 15.1. The molecule has 1 nitrogen and oxygen atoms in total. The van der Waals surface area contributed by atoms with Crippen LogP contribution >= 0.6 is 0 Å². The minimum absolute atomic E-state index is 0.287. The highest BCUT2D eigenvalue weighted by Gasteiger charge is 2.40. The fourth-order valence-electron chi connectivity index (χ4n) is 3.99. The Labute approximate surface area is 137 Å². The Morgan fingerprint density at radius 2 is 1.86 bits per heavy atom. The summed E-state index contributed by atoms with van der Waals surface area (Å²) in [6.45, 7) is 9.20. The Balaban J connectivity index is 2.13. The highest BCUT2D eigenvalue weighted by molar-refractivity contribution is 5.35. The maximum atomic E-state index is 6.55. The zero-order chi connectivity index (χ0) is 16.2. The fourth-order valence-corrected chi connectivity index (χ4v) is 3.99. The van der Waals surface area contributed by atoms with E-state index in [9.17, 15) is 0 Å². The van der Waals surface area contributed by atoms with Gasteiger partial charge in [-0.25, -0.2) is 0 Å². The molecule has 2 atom stereocenters. The first-order valence-electron chi connectivity index (χ1n) is 9.37. The first-order chi connectivity index (χ1) is 10.5. The molecule has 2 unspecified atom stereocenters. The van der Waals surface area contributed by atoms with E-state index in [1.54, 1.807) is 5.56 Å². The summed E-state index contributed by atoms with van der Waals surface area (Å²) in [6.07, 6.45) is 10.2. The summed E-state index contributed by atoms with van der Waals surface area (Å²) in [5.41, 5.74) is 11.4. The van der Waals surface area contributed by atoms with Gasteiger partial charge in [-0.3, -0.25) is 0 Å². The lowest BCUT2D eigenvalue weighted by Gasteiger charge is -2.27. The normalized spacial score (nSPS) is 23.9. The maximum absolute atomic E-state index is 6.55. The number of unbranched alkanes of at least 4 members (excludes halogenated alkanes) is 3. The molecule has 22 heavy (non-hydrogen) atoms. The largest absolute Gasteiger partial charge is 0.327 e. The van der Waals surface area contributed by atoms with Crippen molar-refractivity contribution in [2.75, 3.05) is 0 Å². The molecule has 0 aliphatic heterocycles. The highest BCUT2D eigenvalue weighted by atomic mass is 14.7. The van der Waals surface area contributed by atoms with Gasteiger partial charge >= 0.3 is 0 Å². The lowest BCUT2D eigenvalue weighted by Crippen LogP contribution is -2.35. The summed E-state index contributed by atoms with van der Waals surface area (Å²) in [6, 6.07) is 7.49. The first kappa shape index (κ1) is 17.5. The summed E-state index contributed by atoms with van der Waals surface area (Å²) in [7, 11) is 0. The Morgan fingerprint density at radius 3 is 2.45 bits per heavy atom. The maximum Gasteiger partial charge on any atom is 0.0159 e. The first-order valence-corrected chi connectivity index (χ1v) is 9.37. The van der Waals surface area contributed by atoms with E-state index in [0.717, 1.165) is 6.42 Å². The van der Waals surface area contributed by atoms with Crippen LogP contribution in [0.25, 0.3) is 0 Å². The third-order valence-corrected chi connectivity index (χ3v) is 5.77. The molecule has 1 aliphatic rings. The van der Waals surface area contributed by atoms with Crippen LogP contribution in [0.15, 0.2) is 18.2 Å². The zero-order valence-corrected chi connectivity index (χ0v) is 15.1. The van der Waals surface area contributed by atoms with Crippen LogP contribution in [0.4, 0.5) is 0 Å². The van der Waals surface area contributed by atoms with Crippen molar-refractivity contribution in [1.29, 1.82) is 0 Å². The van der Waals surface area contributed by atoms with Crippen molar-refractivity contribution in [2.45, 2.75) is 91.0 Å². The van der Waals surface area contributed by atoms with Gasteiger partial charge in [0.15, 0.2) is 0 Å². The lowest BCUT2D eigenvalue weighted by atomic mass is 9.82. The molecule has 0 aromatic heterocycles. The van der Waals surface area contributed by atoms with E-state index in [1.807, 2.05) is 0 Å². The second-order valence-electron chi connectivity index (χ2n) is 7.85. The Hall–Kier alpha value is -0.820. The lowest BCUT2D eigenvalue weighted by molar-refractivity contribution is 0.322. The molecule has 0 heterocycles. The molecule has 0 amide bonds. The van der Waals surface area contributed by atoms with Crippen molar-refractivity contribution >= 4 is 0 Å². The number of benzene rings is 1. The summed E-state index contributed by atoms with van der Waals surface area (Å²) < 4.78 is 0. The van der Waals surface area contributed by atoms with Crippen molar-refractivity contribution in [3.8, 4) is 0 Å². The minimum Gasteiger partial charge on any atom is -0.327 e. The predicted molar refractivity (Wildman–Crippen MR) is 97.4 cm³/mol. The third-order valence-electron chi connectivity index (χ3n) is 5.77. The SMILES string of the molecule is CCCCCCc1cc(C2CCC(C)(C)C2N)ccc1CC.